The van der Waals surface area contributed by atoms with Crippen LogP contribution in [0, 0.1) is 0 Å². The number of anilines is 1. The monoisotopic (exact) mass is 374 g/mol. The van der Waals surface area contributed by atoms with E-state index in [9.17, 15) is 9.59 Å². The van der Waals surface area contributed by atoms with E-state index in [1.165, 1.54) is 7.11 Å². The van der Waals surface area contributed by atoms with Gasteiger partial charge >= 0.3 is 12.1 Å². The Morgan fingerprint density at radius 3 is 2.54 bits per heavy atom. The van der Waals surface area contributed by atoms with Crippen LogP contribution in [0.3, 0.4) is 0 Å². The van der Waals surface area contributed by atoms with Gasteiger partial charge in [0.15, 0.2) is 0 Å². The SMILES string of the molecule is COC(=O)[C@@H]1C[C@H](NC(=O)OC(C)(C)C)c2c(Cl)cc(Cl)cc2N1. The molecule has 0 fully saturated rings. The van der Waals surface area contributed by atoms with Crippen molar-refractivity contribution in [2.24, 2.45) is 0 Å². The number of alkyl carbamates (subject to hydrolysis) is 1. The molecule has 0 radical (unpaired) electrons. The van der Waals surface area contributed by atoms with Gasteiger partial charge in [-0.25, -0.2) is 9.59 Å². The van der Waals surface area contributed by atoms with Gasteiger partial charge < -0.3 is 20.1 Å². The number of methoxy groups -OCH3 is 1. The van der Waals surface area contributed by atoms with Crippen LogP contribution >= 0.6 is 23.2 Å². The van der Waals surface area contributed by atoms with Gasteiger partial charge in [-0.2, -0.15) is 0 Å². The third kappa shape index (κ3) is 4.45. The first-order valence-corrected chi connectivity index (χ1v) is 8.19. The normalized spacial score (nSPS) is 19.8. The van der Waals surface area contributed by atoms with E-state index in [2.05, 4.69) is 10.6 Å². The molecular weight excluding hydrogens is 355 g/mol. The molecule has 2 atom stereocenters. The van der Waals surface area contributed by atoms with E-state index in [1.807, 2.05) is 0 Å². The average molecular weight is 375 g/mol. The van der Waals surface area contributed by atoms with Crippen LogP contribution < -0.4 is 10.6 Å². The topological polar surface area (TPSA) is 76.7 Å². The Balaban J connectivity index is 2.32. The maximum Gasteiger partial charge on any atom is 0.408 e. The summed E-state index contributed by atoms with van der Waals surface area (Å²) in [5.41, 5.74) is 0.605. The van der Waals surface area contributed by atoms with Crippen LogP contribution in [0.25, 0.3) is 0 Å². The third-order valence-electron chi connectivity index (χ3n) is 3.42. The van der Waals surface area contributed by atoms with Crippen LogP contribution in [-0.4, -0.2) is 30.8 Å². The second-order valence-corrected chi connectivity index (χ2v) is 7.35. The second-order valence-electron chi connectivity index (χ2n) is 6.50. The predicted molar refractivity (Wildman–Crippen MR) is 92.6 cm³/mol. The number of fused-ring (bicyclic) bond motifs is 1. The summed E-state index contributed by atoms with van der Waals surface area (Å²) in [4.78, 5) is 24.0. The largest absolute Gasteiger partial charge is 0.467 e. The first-order valence-electron chi connectivity index (χ1n) is 7.43. The molecule has 24 heavy (non-hydrogen) atoms. The minimum absolute atomic E-state index is 0.278. The van der Waals surface area contributed by atoms with Gasteiger partial charge in [-0.3, -0.25) is 0 Å². The average Bonchev–Trinajstić information content (AvgIpc) is 2.42. The molecule has 6 nitrogen and oxygen atoms in total. The van der Waals surface area contributed by atoms with E-state index >= 15 is 0 Å². The van der Waals surface area contributed by atoms with Crippen molar-refractivity contribution in [1.29, 1.82) is 0 Å². The number of halogens is 2. The van der Waals surface area contributed by atoms with Crippen LogP contribution in [0.15, 0.2) is 12.1 Å². The fourth-order valence-electron chi connectivity index (χ4n) is 2.54. The minimum atomic E-state index is -0.634. The molecule has 0 aliphatic carbocycles. The van der Waals surface area contributed by atoms with Crippen molar-refractivity contribution in [2.45, 2.75) is 44.9 Å². The number of amides is 1. The van der Waals surface area contributed by atoms with Gasteiger partial charge in [-0.05, 0) is 32.9 Å². The van der Waals surface area contributed by atoms with Crippen LogP contribution in [0.2, 0.25) is 10.0 Å². The predicted octanol–water partition coefficient (Wildman–Crippen LogP) is 3.92. The lowest BCUT2D eigenvalue weighted by molar-refractivity contribution is -0.141. The highest BCUT2D eigenvalue weighted by Crippen LogP contribution is 2.40. The zero-order valence-electron chi connectivity index (χ0n) is 13.9. The molecule has 0 bridgehead atoms. The summed E-state index contributed by atoms with van der Waals surface area (Å²) in [6.07, 6.45) is -0.310. The number of esters is 1. The molecule has 0 saturated carbocycles. The number of carbonyl (C=O) groups is 2. The number of nitrogens with one attached hydrogen (secondary N) is 2. The maximum absolute atomic E-state index is 12.1. The van der Waals surface area contributed by atoms with Crippen molar-refractivity contribution in [3.63, 3.8) is 0 Å². The van der Waals surface area contributed by atoms with Gasteiger partial charge in [-0.1, -0.05) is 23.2 Å². The van der Waals surface area contributed by atoms with Crippen molar-refractivity contribution in [2.75, 3.05) is 12.4 Å². The number of hydrogen-bond acceptors (Lipinski definition) is 5. The van der Waals surface area contributed by atoms with Gasteiger partial charge in [0.1, 0.15) is 11.6 Å². The number of hydrogen-bond donors (Lipinski definition) is 2. The molecule has 1 aromatic carbocycles. The summed E-state index contributed by atoms with van der Waals surface area (Å²) < 4.78 is 10.1. The summed E-state index contributed by atoms with van der Waals surface area (Å²) in [6.45, 7) is 5.31. The van der Waals surface area contributed by atoms with E-state index < -0.39 is 29.7 Å². The molecule has 1 aliphatic heterocycles. The van der Waals surface area contributed by atoms with Crippen LogP contribution in [0.4, 0.5) is 10.5 Å². The lowest BCUT2D eigenvalue weighted by atomic mass is 9.93. The lowest BCUT2D eigenvalue weighted by Crippen LogP contribution is -2.43. The maximum atomic E-state index is 12.1. The summed E-state index contributed by atoms with van der Waals surface area (Å²) in [6, 6.07) is 2.11. The Morgan fingerprint density at radius 2 is 1.96 bits per heavy atom. The highest BCUT2D eigenvalue weighted by Gasteiger charge is 2.35. The zero-order valence-corrected chi connectivity index (χ0v) is 15.4. The van der Waals surface area contributed by atoms with Gasteiger partial charge in [0.05, 0.1) is 13.2 Å². The highest BCUT2D eigenvalue weighted by atomic mass is 35.5. The Labute approximate surface area is 150 Å². The van der Waals surface area contributed by atoms with Crippen molar-refractivity contribution in [1.82, 2.24) is 5.32 Å². The van der Waals surface area contributed by atoms with Crippen LogP contribution in [0.1, 0.15) is 38.8 Å². The fourth-order valence-corrected chi connectivity index (χ4v) is 3.16. The van der Waals surface area contributed by atoms with Crippen molar-refractivity contribution in [3.8, 4) is 0 Å². The smallest absolute Gasteiger partial charge is 0.408 e. The van der Waals surface area contributed by atoms with Crippen LogP contribution in [-0.2, 0) is 14.3 Å². The molecule has 1 aliphatic rings. The zero-order chi connectivity index (χ0) is 18.1. The van der Waals surface area contributed by atoms with Gasteiger partial charge in [0.25, 0.3) is 0 Å². The first kappa shape index (κ1) is 18.7. The van der Waals surface area contributed by atoms with Crippen molar-refractivity contribution < 1.29 is 19.1 Å². The molecule has 0 spiro atoms. The summed E-state index contributed by atoms with van der Waals surface area (Å²) in [5.74, 6) is -0.437. The molecule has 0 aromatic heterocycles. The second kappa shape index (κ2) is 7.07. The van der Waals surface area contributed by atoms with Crippen molar-refractivity contribution in [3.05, 3.63) is 27.7 Å². The van der Waals surface area contributed by atoms with Gasteiger partial charge in [0.2, 0.25) is 0 Å². The summed E-state index contributed by atoms with van der Waals surface area (Å²) in [7, 11) is 1.31. The number of benzene rings is 1. The van der Waals surface area contributed by atoms with Gasteiger partial charge in [0, 0.05) is 27.7 Å². The first-order chi connectivity index (χ1) is 11.1. The van der Waals surface area contributed by atoms with Crippen molar-refractivity contribution >= 4 is 41.0 Å². The molecule has 2 N–H and O–H groups in total. The van der Waals surface area contributed by atoms with Crippen LogP contribution in [0.5, 0.6) is 0 Å². The Morgan fingerprint density at radius 1 is 1.29 bits per heavy atom. The Kier molecular flexibility index (Phi) is 5.50. The van der Waals surface area contributed by atoms with Gasteiger partial charge in [-0.15, -0.1) is 0 Å². The molecule has 0 saturated heterocycles. The molecule has 0 unspecified atom stereocenters. The Hall–Kier alpha value is -1.66. The standard InChI is InChI=1S/C16H20Cl2N2O4/c1-16(2,3)24-15(22)20-11-7-12(14(21)23-4)19-10-6-8(17)5-9(18)13(10)11/h5-6,11-12,19H,7H2,1-4H3,(H,20,22)/t11-,12-/m0/s1. The van der Waals surface area contributed by atoms with E-state index in [0.29, 0.717) is 21.3 Å². The molecule has 1 aromatic rings. The third-order valence-corrected chi connectivity index (χ3v) is 3.95. The fraction of sp³-hybridized carbons (Fsp3) is 0.500. The molecular formula is C16H20Cl2N2O4. The number of carbonyl (C=O) groups excluding carboxylic acids is 2. The molecule has 8 heteroatoms. The van der Waals surface area contributed by atoms with E-state index in [1.54, 1.807) is 32.9 Å². The summed E-state index contributed by atoms with van der Waals surface area (Å²) >= 11 is 12.3. The molecule has 1 heterocycles. The summed E-state index contributed by atoms with van der Waals surface area (Å²) in [5, 5.41) is 6.63. The van der Waals surface area contributed by atoms with E-state index in [0.717, 1.165) is 0 Å². The molecule has 2 rings (SSSR count). The minimum Gasteiger partial charge on any atom is -0.467 e. The highest BCUT2D eigenvalue weighted by molar-refractivity contribution is 6.35. The molecule has 132 valence electrons. The quantitative estimate of drug-likeness (QED) is 0.767. The number of ether oxygens (including phenoxy) is 2. The Bertz CT molecular complexity index is 658. The van der Waals surface area contributed by atoms with E-state index in [-0.39, 0.29) is 6.42 Å². The van der Waals surface area contributed by atoms with E-state index in [4.69, 9.17) is 32.7 Å². The number of rotatable bonds is 2. The molecule has 1 amide bonds. The lowest BCUT2D eigenvalue weighted by Gasteiger charge is -2.33.